The van der Waals surface area contributed by atoms with Crippen LogP contribution in [-0.4, -0.2) is 45.7 Å². The largest absolute Gasteiger partial charge is 0.390 e. The van der Waals surface area contributed by atoms with Crippen LogP contribution in [0, 0.1) is 6.92 Å². The predicted molar refractivity (Wildman–Crippen MR) is 101 cm³/mol. The Morgan fingerprint density at radius 1 is 1.28 bits per heavy atom. The van der Waals surface area contributed by atoms with Crippen LogP contribution in [-0.2, 0) is 19.4 Å². The molecule has 5 nitrogen and oxygen atoms in total. The second-order valence-corrected chi connectivity index (χ2v) is 6.89. The van der Waals surface area contributed by atoms with E-state index in [1.165, 1.54) is 11.1 Å². The average molecular weight is 361 g/mol. The quantitative estimate of drug-likeness (QED) is 0.776. The fourth-order valence-electron chi connectivity index (χ4n) is 3.31. The molecule has 1 unspecified atom stereocenters. The molecule has 1 aliphatic rings. The predicted octanol–water partition coefficient (Wildman–Crippen LogP) is 2.83. The molecule has 1 aromatic carbocycles. The van der Waals surface area contributed by atoms with Crippen molar-refractivity contribution in [2.45, 2.75) is 39.3 Å². The number of aliphatic hydroxyl groups excluding tert-OH is 1. The van der Waals surface area contributed by atoms with E-state index in [1.807, 2.05) is 13.8 Å². The van der Waals surface area contributed by atoms with Crippen LogP contribution in [0.25, 0.3) is 0 Å². The molecule has 0 spiro atoms. The van der Waals surface area contributed by atoms with Crippen LogP contribution in [0.4, 0.5) is 5.82 Å². The number of anilines is 1. The summed E-state index contributed by atoms with van der Waals surface area (Å²) in [5, 5.41) is 14.2. The molecule has 0 fully saturated rings. The minimum Gasteiger partial charge on any atom is -0.390 e. The average Bonchev–Trinajstić information content (AvgIpc) is 2.59. The number of β-amino-alcohol motifs (C(OH)–C–C–N with tert-alkyl or cyclic N) is 1. The Labute approximate surface area is 154 Å². The number of aliphatic hydroxyl groups is 1. The summed E-state index contributed by atoms with van der Waals surface area (Å²) < 4.78 is 0. The number of rotatable bonds is 6. The molecule has 134 valence electrons. The molecule has 2 aromatic rings. The van der Waals surface area contributed by atoms with E-state index in [9.17, 15) is 5.11 Å². The van der Waals surface area contributed by atoms with Gasteiger partial charge >= 0.3 is 0 Å². The molecule has 6 heteroatoms. The molecule has 0 aliphatic carbocycles. The van der Waals surface area contributed by atoms with Gasteiger partial charge in [0, 0.05) is 31.7 Å². The lowest BCUT2D eigenvalue weighted by Crippen LogP contribution is -2.39. The molecule has 0 saturated heterocycles. The molecule has 1 aliphatic heterocycles. The van der Waals surface area contributed by atoms with Gasteiger partial charge in [-0.15, -0.1) is 0 Å². The standard InChI is InChI=1S/C19H25ClN4O/c1-3-17-18(20)22-13(2)23-19(17)21-10-16(25)12-24-9-8-14-6-4-5-7-15(14)11-24/h4-7,16,25H,3,8-12H2,1-2H3,(H,21,22,23). The van der Waals surface area contributed by atoms with E-state index in [-0.39, 0.29) is 0 Å². The van der Waals surface area contributed by atoms with E-state index >= 15 is 0 Å². The van der Waals surface area contributed by atoms with Crippen LogP contribution in [0.15, 0.2) is 24.3 Å². The van der Waals surface area contributed by atoms with Crippen LogP contribution >= 0.6 is 11.6 Å². The van der Waals surface area contributed by atoms with Crippen molar-refractivity contribution in [3.05, 3.63) is 51.9 Å². The van der Waals surface area contributed by atoms with Crippen molar-refractivity contribution in [1.29, 1.82) is 0 Å². The minimum absolute atomic E-state index is 0.442. The molecular weight excluding hydrogens is 336 g/mol. The molecule has 2 heterocycles. The Balaban J connectivity index is 1.56. The third-order valence-electron chi connectivity index (χ3n) is 4.61. The number of benzene rings is 1. The van der Waals surface area contributed by atoms with Gasteiger partial charge in [-0.2, -0.15) is 0 Å². The fraction of sp³-hybridized carbons (Fsp3) is 0.474. The highest BCUT2D eigenvalue weighted by molar-refractivity contribution is 6.30. The first kappa shape index (κ1) is 18.1. The molecule has 1 atom stereocenters. The highest BCUT2D eigenvalue weighted by Gasteiger charge is 2.19. The maximum atomic E-state index is 10.4. The van der Waals surface area contributed by atoms with E-state index < -0.39 is 6.10 Å². The summed E-state index contributed by atoms with van der Waals surface area (Å²) in [6, 6.07) is 8.53. The van der Waals surface area contributed by atoms with Crippen molar-refractivity contribution in [2.75, 3.05) is 25.0 Å². The number of hydrogen-bond donors (Lipinski definition) is 2. The van der Waals surface area contributed by atoms with E-state index in [0.29, 0.717) is 24.1 Å². The SMILES string of the molecule is CCc1c(Cl)nc(C)nc1NCC(O)CN1CCc2ccccc2C1. The Morgan fingerprint density at radius 3 is 2.80 bits per heavy atom. The number of aromatic nitrogens is 2. The molecule has 1 aromatic heterocycles. The summed E-state index contributed by atoms with van der Waals surface area (Å²) in [5.74, 6) is 1.36. The first-order valence-corrected chi connectivity index (χ1v) is 9.18. The summed E-state index contributed by atoms with van der Waals surface area (Å²) >= 11 is 6.19. The molecule has 25 heavy (non-hydrogen) atoms. The third kappa shape index (κ3) is 4.48. The minimum atomic E-state index is -0.469. The van der Waals surface area contributed by atoms with Gasteiger partial charge in [0.05, 0.1) is 6.10 Å². The van der Waals surface area contributed by atoms with Crippen molar-refractivity contribution in [3.8, 4) is 0 Å². The maximum absolute atomic E-state index is 10.4. The highest BCUT2D eigenvalue weighted by atomic mass is 35.5. The van der Waals surface area contributed by atoms with Crippen molar-refractivity contribution in [1.82, 2.24) is 14.9 Å². The van der Waals surface area contributed by atoms with Gasteiger partial charge in [0.1, 0.15) is 16.8 Å². The van der Waals surface area contributed by atoms with Gasteiger partial charge in [0.25, 0.3) is 0 Å². The number of hydrogen-bond acceptors (Lipinski definition) is 5. The van der Waals surface area contributed by atoms with Crippen molar-refractivity contribution < 1.29 is 5.11 Å². The molecule has 3 rings (SSSR count). The van der Waals surface area contributed by atoms with Crippen molar-refractivity contribution >= 4 is 17.4 Å². The van der Waals surface area contributed by atoms with Gasteiger partial charge < -0.3 is 10.4 Å². The number of fused-ring (bicyclic) bond motifs is 1. The van der Waals surface area contributed by atoms with Gasteiger partial charge in [-0.3, -0.25) is 4.90 Å². The smallest absolute Gasteiger partial charge is 0.138 e. The lowest BCUT2D eigenvalue weighted by Gasteiger charge is -2.30. The molecular formula is C19H25ClN4O. The van der Waals surface area contributed by atoms with Gasteiger partial charge in [0.2, 0.25) is 0 Å². The van der Waals surface area contributed by atoms with Crippen molar-refractivity contribution in [3.63, 3.8) is 0 Å². The van der Waals surface area contributed by atoms with E-state index in [2.05, 4.69) is 44.5 Å². The van der Waals surface area contributed by atoms with Crippen LogP contribution in [0.5, 0.6) is 0 Å². The summed E-state index contributed by atoms with van der Waals surface area (Å²) in [7, 11) is 0. The van der Waals surface area contributed by atoms with Crippen molar-refractivity contribution in [2.24, 2.45) is 0 Å². The Morgan fingerprint density at radius 2 is 2.04 bits per heavy atom. The first-order chi connectivity index (χ1) is 12.1. The molecule has 0 saturated carbocycles. The topological polar surface area (TPSA) is 61.3 Å². The number of halogens is 1. The molecule has 2 N–H and O–H groups in total. The number of aryl methyl sites for hydroxylation is 1. The van der Waals surface area contributed by atoms with E-state index in [0.717, 1.165) is 37.3 Å². The van der Waals surface area contributed by atoms with Gasteiger partial charge in [0.15, 0.2) is 0 Å². The normalized spacial score (nSPS) is 15.7. The zero-order valence-corrected chi connectivity index (χ0v) is 15.6. The first-order valence-electron chi connectivity index (χ1n) is 8.81. The van der Waals surface area contributed by atoms with E-state index in [4.69, 9.17) is 11.6 Å². The van der Waals surface area contributed by atoms with Crippen LogP contribution in [0.2, 0.25) is 5.15 Å². The summed E-state index contributed by atoms with van der Waals surface area (Å²) in [6.45, 7) is 6.79. The van der Waals surface area contributed by atoms with E-state index in [1.54, 1.807) is 0 Å². The molecule has 0 bridgehead atoms. The van der Waals surface area contributed by atoms with Gasteiger partial charge in [-0.05, 0) is 30.9 Å². The van der Waals surface area contributed by atoms with Crippen LogP contribution in [0.1, 0.15) is 29.4 Å². The Kier molecular flexibility index (Phi) is 5.89. The van der Waals surface area contributed by atoms with Gasteiger partial charge in [-0.1, -0.05) is 42.8 Å². The summed E-state index contributed by atoms with van der Waals surface area (Å²) in [6.07, 6.45) is 1.32. The Bertz CT molecular complexity index is 737. The van der Waals surface area contributed by atoms with Crippen LogP contribution < -0.4 is 5.32 Å². The number of nitrogens with zero attached hydrogens (tertiary/aromatic N) is 3. The summed E-state index contributed by atoms with van der Waals surface area (Å²) in [5.41, 5.74) is 3.68. The second kappa shape index (κ2) is 8.13. The monoisotopic (exact) mass is 360 g/mol. The number of nitrogens with one attached hydrogen (secondary N) is 1. The highest BCUT2D eigenvalue weighted by Crippen LogP contribution is 2.22. The lowest BCUT2D eigenvalue weighted by atomic mass is 10.00. The second-order valence-electron chi connectivity index (χ2n) is 6.53. The Hall–Kier alpha value is -1.69. The lowest BCUT2D eigenvalue weighted by molar-refractivity contribution is 0.114. The third-order valence-corrected chi connectivity index (χ3v) is 4.92. The summed E-state index contributed by atoms with van der Waals surface area (Å²) in [4.78, 5) is 10.9. The van der Waals surface area contributed by atoms with Crippen LogP contribution in [0.3, 0.4) is 0 Å². The zero-order chi connectivity index (χ0) is 17.8. The molecule has 0 amide bonds. The van der Waals surface area contributed by atoms with Gasteiger partial charge in [-0.25, -0.2) is 9.97 Å². The maximum Gasteiger partial charge on any atom is 0.138 e. The molecule has 0 radical (unpaired) electrons. The zero-order valence-electron chi connectivity index (χ0n) is 14.8. The fourth-order valence-corrected chi connectivity index (χ4v) is 3.65.